The van der Waals surface area contributed by atoms with Crippen molar-refractivity contribution in [1.29, 1.82) is 0 Å². The first-order valence-corrected chi connectivity index (χ1v) is 9.03. The quantitative estimate of drug-likeness (QED) is 0.835. The number of nitrogens with two attached hydrogens (primary N) is 1. The van der Waals surface area contributed by atoms with E-state index < -0.39 is 0 Å². The maximum atomic E-state index is 6.10. The summed E-state index contributed by atoms with van der Waals surface area (Å²) in [7, 11) is 2.37. The minimum atomic E-state index is 0.645. The topological polar surface area (TPSA) is 29.3 Å². The summed E-state index contributed by atoms with van der Waals surface area (Å²) in [5.74, 6) is 4.10. The van der Waals surface area contributed by atoms with Crippen molar-refractivity contribution >= 4 is 0 Å². The number of hydrogen-bond acceptors (Lipinski definition) is 2. The van der Waals surface area contributed by atoms with Gasteiger partial charge in [0.25, 0.3) is 0 Å². The molecule has 0 heterocycles. The van der Waals surface area contributed by atoms with Crippen LogP contribution in [0.2, 0.25) is 0 Å². The van der Waals surface area contributed by atoms with E-state index in [1.54, 1.807) is 19.3 Å². The van der Waals surface area contributed by atoms with E-state index in [0.29, 0.717) is 11.5 Å². The molecule has 5 rings (SSSR count). The minimum Gasteiger partial charge on any atom is -0.329 e. The van der Waals surface area contributed by atoms with Crippen LogP contribution in [0.1, 0.15) is 58.3 Å². The van der Waals surface area contributed by atoms with E-state index in [-0.39, 0.29) is 0 Å². The van der Waals surface area contributed by atoms with E-state index in [9.17, 15) is 0 Å². The summed E-state index contributed by atoms with van der Waals surface area (Å²) in [5.41, 5.74) is 6.75. The Balaban J connectivity index is 1.53. The van der Waals surface area contributed by atoms with Crippen molar-refractivity contribution in [3.63, 3.8) is 0 Å². The number of hydrogen-bond donors (Lipinski definition) is 1. The lowest BCUT2D eigenvalue weighted by atomic mass is 9.47. The van der Waals surface area contributed by atoms with Gasteiger partial charge in [-0.2, -0.15) is 0 Å². The Hall–Kier alpha value is -0.0800. The molecule has 4 bridgehead atoms. The zero-order valence-corrected chi connectivity index (χ0v) is 13.4. The molecule has 0 spiro atoms. The Bertz CT molecular complexity index is 338. The zero-order valence-electron chi connectivity index (χ0n) is 13.4. The highest BCUT2D eigenvalue weighted by Crippen LogP contribution is 2.62. The fraction of sp³-hybridized carbons (Fsp3) is 1.00. The molecule has 5 aliphatic carbocycles. The molecule has 0 aromatic rings. The second-order valence-corrected chi connectivity index (χ2v) is 8.76. The van der Waals surface area contributed by atoms with Crippen LogP contribution in [-0.4, -0.2) is 30.6 Å². The summed E-state index contributed by atoms with van der Waals surface area (Å²) in [4.78, 5) is 2.70. The average Bonchev–Trinajstić information content (AvgIpc) is 3.21. The molecule has 5 saturated carbocycles. The molecule has 2 atom stereocenters. The van der Waals surface area contributed by atoms with E-state index in [1.165, 1.54) is 32.1 Å². The van der Waals surface area contributed by atoms with Gasteiger partial charge in [-0.1, -0.05) is 0 Å². The highest BCUT2D eigenvalue weighted by molar-refractivity contribution is 5.06. The first kappa shape index (κ1) is 13.6. The molecule has 114 valence electrons. The summed E-state index contributed by atoms with van der Waals surface area (Å²) < 4.78 is 0. The maximum Gasteiger partial charge on any atom is 0.0246 e. The summed E-state index contributed by atoms with van der Waals surface area (Å²) in [6, 6.07) is 1.39. The van der Waals surface area contributed by atoms with Gasteiger partial charge in [-0.25, -0.2) is 0 Å². The molecule has 20 heavy (non-hydrogen) atoms. The van der Waals surface area contributed by atoms with Crippen LogP contribution in [0.4, 0.5) is 0 Å². The summed E-state index contributed by atoms with van der Waals surface area (Å²) >= 11 is 0. The van der Waals surface area contributed by atoms with E-state index in [1.807, 2.05) is 0 Å². The Labute approximate surface area is 124 Å². The smallest absolute Gasteiger partial charge is 0.0246 e. The van der Waals surface area contributed by atoms with E-state index in [4.69, 9.17) is 5.73 Å². The maximum absolute atomic E-state index is 6.10. The molecule has 0 aliphatic heterocycles. The molecule has 0 saturated heterocycles. The van der Waals surface area contributed by atoms with E-state index >= 15 is 0 Å². The van der Waals surface area contributed by atoms with Crippen molar-refractivity contribution in [3.8, 4) is 0 Å². The molecule has 0 amide bonds. The zero-order chi connectivity index (χ0) is 13.9. The van der Waals surface area contributed by atoms with Crippen LogP contribution >= 0.6 is 0 Å². The molecule has 5 fully saturated rings. The Kier molecular flexibility index (Phi) is 3.20. The molecule has 0 aromatic heterocycles. The van der Waals surface area contributed by atoms with Gasteiger partial charge in [0.15, 0.2) is 0 Å². The van der Waals surface area contributed by atoms with Crippen molar-refractivity contribution in [2.24, 2.45) is 34.8 Å². The first-order valence-electron chi connectivity index (χ1n) is 9.03. The van der Waals surface area contributed by atoms with Gasteiger partial charge < -0.3 is 5.73 Å². The third-order valence-electron chi connectivity index (χ3n) is 7.51. The molecule has 2 heteroatoms. The molecule has 0 aromatic carbocycles. The van der Waals surface area contributed by atoms with Crippen LogP contribution in [0, 0.1) is 29.1 Å². The average molecular weight is 276 g/mol. The number of nitrogens with zero attached hydrogens (tertiary/aromatic N) is 1. The van der Waals surface area contributed by atoms with Gasteiger partial charge in [0.2, 0.25) is 0 Å². The highest BCUT2D eigenvalue weighted by Gasteiger charge is 2.54. The van der Waals surface area contributed by atoms with Gasteiger partial charge in [0, 0.05) is 18.6 Å². The first-order chi connectivity index (χ1) is 9.61. The molecular weight excluding hydrogens is 244 g/mol. The SMILES string of the molecule is CC(N(C)C(CN)C1CC1)C12CC3CC(CC(C3)C1)C2. The number of likely N-dealkylation sites (N-methyl/N-ethyl adjacent to an activating group) is 1. The highest BCUT2D eigenvalue weighted by atomic mass is 15.2. The lowest BCUT2D eigenvalue weighted by molar-refractivity contribution is -0.0995. The summed E-state index contributed by atoms with van der Waals surface area (Å²) in [6.45, 7) is 3.38. The third-order valence-corrected chi connectivity index (χ3v) is 7.51. The molecule has 2 N–H and O–H groups in total. The lowest BCUT2D eigenvalue weighted by Crippen LogP contribution is -2.58. The van der Waals surface area contributed by atoms with Crippen molar-refractivity contribution in [2.75, 3.05) is 13.6 Å². The van der Waals surface area contributed by atoms with Crippen LogP contribution in [0.15, 0.2) is 0 Å². The van der Waals surface area contributed by atoms with E-state index in [0.717, 1.165) is 36.3 Å². The van der Waals surface area contributed by atoms with Gasteiger partial charge in [-0.15, -0.1) is 0 Å². The largest absolute Gasteiger partial charge is 0.329 e. The fourth-order valence-corrected chi connectivity index (χ4v) is 6.58. The van der Waals surface area contributed by atoms with Gasteiger partial charge >= 0.3 is 0 Å². The standard InChI is InChI=1S/C18H32N2/c1-12(20(2)17(11-19)16-3-4-16)18-8-13-5-14(9-18)7-15(6-13)10-18/h12-17H,3-11,19H2,1-2H3. The van der Waals surface area contributed by atoms with Crippen LogP contribution < -0.4 is 5.73 Å². The second kappa shape index (κ2) is 4.71. The Morgan fingerprint density at radius 1 is 1.05 bits per heavy atom. The molecule has 2 unspecified atom stereocenters. The van der Waals surface area contributed by atoms with Gasteiger partial charge in [0.05, 0.1) is 0 Å². The van der Waals surface area contributed by atoms with Crippen molar-refractivity contribution in [3.05, 3.63) is 0 Å². The van der Waals surface area contributed by atoms with Crippen molar-refractivity contribution < 1.29 is 0 Å². The molecular formula is C18H32N2. The normalized spacial score (nSPS) is 45.9. The van der Waals surface area contributed by atoms with E-state index in [2.05, 4.69) is 18.9 Å². The lowest BCUT2D eigenvalue weighted by Gasteiger charge is -2.61. The monoisotopic (exact) mass is 276 g/mol. The molecule has 0 radical (unpaired) electrons. The van der Waals surface area contributed by atoms with Crippen LogP contribution in [0.25, 0.3) is 0 Å². The van der Waals surface area contributed by atoms with Crippen LogP contribution in [0.5, 0.6) is 0 Å². The summed E-state index contributed by atoms with van der Waals surface area (Å²) in [5, 5.41) is 0. The van der Waals surface area contributed by atoms with Gasteiger partial charge in [0.1, 0.15) is 0 Å². The predicted molar refractivity (Wildman–Crippen MR) is 83.4 cm³/mol. The van der Waals surface area contributed by atoms with Crippen molar-refractivity contribution in [1.82, 2.24) is 4.90 Å². The second-order valence-electron chi connectivity index (χ2n) is 8.76. The number of rotatable bonds is 5. The van der Waals surface area contributed by atoms with Crippen LogP contribution in [-0.2, 0) is 0 Å². The predicted octanol–water partition coefficient (Wildman–Crippen LogP) is 3.26. The Morgan fingerprint density at radius 3 is 1.95 bits per heavy atom. The van der Waals surface area contributed by atoms with Crippen LogP contribution in [0.3, 0.4) is 0 Å². The molecule has 2 nitrogen and oxygen atoms in total. The molecule has 5 aliphatic rings. The van der Waals surface area contributed by atoms with Gasteiger partial charge in [-0.3, -0.25) is 4.90 Å². The Morgan fingerprint density at radius 2 is 1.55 bits per heavy atom. The minimum absolute atomic E-state index is 0.645. The fourth-order valence-electron chi connectivity index (χ4n) is 6.58. The van der Waals surface area contributed by atoms with Crippen molar-refractivity contribution in [2.45, 2.75) is 70.4 Å². The van der Waals surface area contributed by atoms with Gasteiger partial charge in [-0.05, 0) is 94.4 Å². The summed E-state index contributed by atoms with van der Waals surface area (Å²) in [6.07, 6.45) is 12.1. The third kappa shape index (κ3) is 2.06.